The minimum Gasteiger partial charge on any atom is -0.442 e. The third-order valence-corrected chi connectivity index (χ3v) is 3.14. The highest BCUT2D eigenvalue weighted by Crippen LogP contribution is 2.17. The lowest BCUT2D eigenvalue weighted by atomic mass is 10.2. The number of hydrogen-bond donors (Lipinski definition) is 0. The van der Waals surface area contributed by atoms with Gasteiger partial charge in [0.05, 0.1) is 17.9 Å². The number of hydrogen-bond acceptors (Lipinski definition) is 5. The normalized spacial score (nSPS) is 11.5. The van der Waals surface area contributed by atoms with Crippen molar-refractivity contribution in [1.29, 1.82) is 0 Å². The molecule has 0 fully saturated rings. The molecule has 0 aliphatic carbocycles. The highest BCUT2D eigenvalue weighted by atomic mass is 16.6. The van der Waals surface area contributed by atoms with E-state index < -0.39 is 17.8 Å². The summed E-state index contributed by atoms with van der Waals surface area (Å²) in [6.45, 7) is 5.27. The van der Waals surface area contributed by atoms with Crippen molar-refractivity contribution in [3.63, 3.8) is 0 Å². The number of fused-ring (bicyclic) bond motifs is 1. The average Bonchev–Trinajstić information content (AvgIpc) is 3.11. The molecule has 2 heterocycles. The number of para-hydroxylation sites is 1. The fourth-order valence-corrected chi connectivity index (χ4v) is 2.16. The SMILES string of the molecule is CC(C)(C)OC(=O)n1cc(OC(=O)n2ccc3ccccc32)cn1. The van der Waals surface area contributed by atoms with Gasteiger partial charge in [0.25, 0.3) is 0 Å². The van der Waals surface area contributed by atoms with Crippen molar-refractivity contribution in [3.05, 3.63) is 48.9 Å². The highest BCUT2D eigenvalue weighted by molar-refractivity contribution is 5.90. The molecule has 0 N–H and O–H groups in total. The van der Waals surface area contributed by atoms with Crippen molar-refractivity contribution in [2.24, 2.45) is 0 Å². The Morgan fingerprint density at radius 1 is 1.08 bits per heavy atom. The largest absolute Gasteiger partial charge is 0.442 e. The van der Waals surface area contributed by atoms with E-state index in [0.29, 0.717) is 0 Å². The Kier molecular flexibility index (Phi) is 3.84. The van der Waals surface area contributed by atoms with Crippen molar-refractivity contribution in [1.82, 2.24) is 14.3 Å². The van der Waals surface area contributed by atoms with Gasteiger partial charge in [0, 0.05) is 11.6 Å². The van der Waals surface area contributed by atoms with Crippen molar-refractivity contribution >= 4 is 23.1 Å². The molecule has 0 saturated carbocycles. The summed E-state index contributed by atoms with van der Waals surface area (Å²) in [5.74, 6) is 0.156. The predicted molar refractivity (Wildman–Crippen MR) is 87.2 cm³/mol. The molecular weight excluding hydrogens is 310 g/mol. The molecule has 7 heteroatoms. The Balaban J connectivity index is 1.75. The Morgan fingerprint density at radius 2 is 1.83 bits per heavy atom. The van der Waals surface area contributed by atoms with Crippen LogP contribution in [0.5, 0.6) is 5.75 Å². The molecule has 3 aromatic rings. The molecule has 0 aliphatic rings. The molecule has 0 bridgehead atoms. The van der Waals surface area contributed by atoms with Crippen molar-refractivity contribution < 1.29 is 19.1 Å². The van der Waals surface area contributed by atoms with Crippen LogP contribution in [0.4, 0.5) is 9.59 Å². The maximum absolute atomic E-state index is 12.3. The Morgan fingerprint density at radius 3 is 2.58 bits per heavy atom. The number of ether oxygens (including phenoxy) is 2. The molecule has 0 radical (unpaired) electrons. The molecular formula is C17H17N3O4. The molecule has 3 rings (SSSR count). The van der Waals surface area contributed by atoms with E-state index in [-0.39, 0.29) is 5.75 Å². The van der Waals surface area contributed by atoms with Gasteiger partial charge >= 0.3 is 12.2 Å². The van der Waals surface area contributed by atoms with Gasteiger partial charge in [-0.25, -0.2) is 9.59 Å². The van der Waals surface area contributed by atoms with Crippen LogP contribution in [0.25, 0.3) is 10.9 Å². The number of nitrogens with zero attached hydrogens (tertiary/aromatic N) is 3. The van der Waals surface area contributed by atoms with Gasteiger partial charge in [-0.3, -0.25) is 4.57 Å². The zero-order chi connectivity index (χ0) is 17.3. The molecule has 0 spiro atoms. The number of rotatable bonds is 1. The van der Waals surface area contributed by atoms with Crippen LogP contribution in [0.2, 0.25) is 0 Å². The molecule has 2 aromatic heterocycles. The number of aromatic nitrogens is 3. The summed E-state index contributed by atoms with van der Waals surface area (Å²) in [7, 11) is 0. The van der Waals surface area contributed by atoms with Gasteiger partial charge < -0.3 is 9.47 Å². The third kappa shape index (κ3) is 3.29. The number of carbonyl (C=O) groups is 2. The first-order chi connectivity index (χ1) is 11.3. The highest BCUT2D eigenvalue weighted by Gasteiger charge is 2.19. The first-order valence-electron chi connectivity index (χ1n) is 7.40. The molecule has 0 atom stereocenters. The molecule has 24 heavy (non-hydrogen) atoms. The monoisotopic (exact) mass is 327 g/mol. The summed E-state index contributed by atoms with van der Waals surface area (Å²) in [6, 6.07) is 9.27. The van der Waals surface area contributed by atoms with Crippen molar-refractivity contribution in [3.8, 4) is 5.75 Å². The molecule has 0 aliphatic heterocycles. The van der Waals surface area contributed by atoms with E-state index in [4.69, 9.17) is 9.47 Å². The van der Waals surface area contributed by atoms with Crippen LogP contribution in [0, 0.1) is 0 Å². The molecule has 1 aromatic carbocycles. The molecule has 7 nitrogen and oxygen atoms in total. The van der Waals surface area contributed by atoms with Gasteiger partial charge in [0.2, 0.25) is 0 Å². The van der Waals surface area contributed by atoms with Crippen LogP contribution in [0.15, 0.2) is 48.9 Å². The fourth-order valence-electron chi connectivity index (χ4n) is 2.16. The average molecular weight is 327 g/mol. The van der Waals surface area contributed by atoms with Gasteiger partial charge in [-0.05, 0) is 32.9 Å². The topological polar surface area (TPSA) is 75.3 Å². The van der Waals surface area contributed by atoms with Crippen LogP contribution in [-0.2, 0) is 4.74 Å². The zero-order valence-electron chi connectivity index (χ0n) is 13.6. The first-order valence-corrected chi connectivity index (χ1v) is 7.40. The van der Waals surface area contributed by atoms with Crippen molar-refractivity contribution in [2.75, 3.05) is 0 Å². The molecule has 0 amide bonds. The summed E-state index contributed by atoms with van der Waals surface area (Å²) in [6.07, 6.45) is 2.99. The fraction of sp³-hybridized carbons (Fsp3) is 0.235. The Hall–Kier alpha value is -3.09. The number of benzene rings is 1. The first kappa shape index (κ1) is 15.8. The van der Waals surface area contributed by atoms with Gasteiger partial charge in [0.15, 0.2) is 5.75 Å². The smallest absolute Gasteiger partial charge is 0.435 e. The second-order valence-electron chi connectivity index (χ2n) is 6.21. The van der Waals surface area contributed by atoms with Crippen molar-refractivity contribution in [2.45, 2.75) is 26.4 Å². The van der Waals surface area contributed by atoms with E-state index in [1.807, 2.05) is 30.3 Å². The van der Waals surface area contributed by atoms with Gasteiger partial charge in [-0.1, -0.05) is 18.2 Å². The van der Waals surface area contributed by atoms with E-state index in [0.717, 1.165) is 15.6 Å². The Bertz CT molecular complexity index is 902. The van der Waals surface area contributed by atoms with Crippen LogP contribution in [-0.4, -0.2) is 32.1 Å². The van der Waals surface area contributed by atoms with Gasteiger partial charge in [0.1, 0.15) is 5.60 Å². The summed E-state index contributed by atoms with van der Waals surface area (Å²) >= 11 is 0. The summed E-state index contributed by atoms with van der Waals surface area (Å²) in [5, 5.41) is 4.78. The van der Waals surface area contributed by atoms with E-state index in [1.165, 1.54) is 17.0 Å². The van der Waals surface area contributed by atoms with E-state index in [1.54, 1.807) is 27.0 Å². The second-order valence-corrected chi connectivity index (χ2v) is 6.21. The number of carbonyl (C=O) groups excluding carboxylic acids is 2. The van der Waals surface area contributed by atoms with Crippen LogP contribution >= 0.6 is 0 Å². The van der Waals surface area contributed by atoms with Gasteiger partial charge in [-0.15, -0.1) is 0 Å². The summed E-state index contributed by atoms with van der Waals surface area (Å²) in [4.78, 5) is 24.2. The van der Waals surface area contributed by atoms with Gasteiger partial charge in [-0.2, -0.15) is 9.78 Å². The molecule has 0 saturated heterocycles. The van der Waals surface area contributed by atoms with E-state index >= 15 is 0 Å². The molecule has 0 unspecified atom stereocenters. The minimum absolute atomic E-state index is 0.156. The van der Waals surface area contributed by atoms with Crippen LogP contribution in [0.3, 0.4) is 0 Å². The predicted octanol–water partition coefficient (Wildman–Crippen LogP) is 3.67. The maximum atomic E-state index is 12.3. The quantitative estimate of drug-likeness (QED) is 0.681. The minimum atomic E-state index is -0.642. The molecule has 124 valence electrons. The summed E-state index contributed by atoms with van der Waals surface area (Å²) < 4.78 is 12.8. The lowest BCUT2D eigenvalue weighted by molar-refractivity contribution is 0.0514. The zero-order valence-corrected chi connectivity index (χ0v) is 13.6. The third-order valence-electron chi connectivity index (χ3n) is 3.14. The second kappa shape index (κ2) is 5.84. The summed E-state index contributed by atoms with van der Waals surface area (Å²) in [5.41, 5.74) is 0.103. The van der Waals surface area contributed by atoms with E-state index in [9.17, 15) is 9.59 Å². The lowest BCUT2D eigenvalue weighted by Crippen LogP contribution is -2.27. The maximum Gasteiger partial charge on any atom is 0.435 e. The van der Waals surface area contributed by atoms with E-state index in [2.05, 4.69) is 5.10 Å². The van der Waals surface area contributed by atoms with Crippen LogP contribution < -0.4 is 4.74 Å². The Labute approximate surface area is 138 Å². The lowest BCUT2D eigenvalue weighted by Gasteiger charge is -2.18. The van der Waals surface area contributed by atoms with Crippen LogP contribution in [0.1, 0.15) is 20.8 Å². The standard InChI is InChI=1S/C17H17N3O4/c1-17(2,3)24-16(22)20-11-13(10-18-20)23-15(21)19-9-8-12-6-4-5-7-14(12)19/h4-11H,1-3H3.